The third-order valence-electron chi connectivity index (χ3n) is 7.01. The molecule has 2 heterocycles. The molecule has 0 unspecified atom stereocenters. The van der Waals surface area contributed by atoms with E-state index in [1.807, 2.05) is 6.26 Å². The van der Waals surface area contributed by atoms with Gasteiger partial charge in [0.1, 0.15) is 5.58 Å². The average molecular weight is 445 g/mol. The second-order valence-electron chi connectivity index (χ2n) is 9.17. The number of nitrogens with two attached hydrogens (primary N) is 1. The smallest absolute Gasteiger partial charge is 0.222 e. The largest absolute Gasteiger partial charge is 0.464 e. The van der Waals surface area contributed by atoms with E-state index in [9.17, 15) is 4.79 Å². The van der Waals surface area contributed by atoms with E-state index in [-0.39, 0.29) is 6.42 Å². The van der Waals surface area contributed by atoms with Gasteiger partial charge in [0.25, 0.3) is 0 Å². The van der Waals surface area contributed by atoms with E-state index >= 15 is 0 Å². The first-order valence-corrected chi connectivity index (χ1v) is 12.1. The minimum absolute atomic E-state index is 0.104. The summed E-state index contributed by atoms with van der Waals surface area (Å²) in [5.41, 5.74) is 7.33. The van der Waals surface area contributed by atoms with E-state index in [4.69, 9.17) is 10.2 Å². The molecule has 1 saturated carbocycles. The maximum absolute atomic E-state index is 10.2. The Bertz CT molecular complexity index is 803. The van der Waals surface area contributed by atoms with Crippen LogP contribution in [-0.4, -0.2) is 51.0 Å². The summed E-state index contributed by atoms with van der Waals surface area (Å²) in [6, 6.07) is 8.48. The zero-order valence-corrected chi connectivity index (χ0v) is 19.8. The van der Waals surface area contributed by atoms with E-state index in [2.05, 4.69) is 38.6 Å². The first-order chi connectivity index (χ1) is 15.6. The minimum Gasteiger partial charge on any atom is -0.464 e. The quantitative estimate of drug-likeness (QED) is 0.576. The zero-order valence-electron chi connectivity index (χ0n) is 19.8. The van der Waals surface area contributed by atoms with Gasteiger partial charge in [-0.3, -0.25) is 4.79 Å². The van der Waals surface area contributed by atoms with Crippen molar-refractivity contribution in [3.8, 4) is 0 Å². The zero-order chi connectivity index (χ0) is 22.8. The Hall–Kier alpha value is -1.89. The molecular formula is C26H40N2O4. The second kappa shape index (κ2) is 13.0. The fraction of sp³-hybridized carbons (Fsp3) is 0.654. The Morgan fingerprint density at radius 3 is 2.41 bits per heavy atom. The van der Waals surface area contributed by atoms with Crippen molar-refractivity contribution in [1.29, 1.82) is 0 Å². The van der Waals surface area contributed by atoms with E-state index in [0.29, 0.717) is 5.92 Å². The standard InChI is InChI=1S/C21H29NO.C5H11NO3/c1-2-6-17(7-3-1)10-13-22-14-11-18(12-15-22)20-16-23-21-9-5-4-8-19(20)21;1-8-5(9-2)3-4(6)7/h4-5,8-9,16-18H,1-3,6-7,10-15H2;5H,3H2,1-2H3,(H2,6,7). The van der Waals surface area contributed by atoms with Crippen LogP contribution in [0.4, 0.5) is 0 Å². The number of furan rings is 1. The van der Waals surface area contributed by atoms with Gasteiger partial charge in [-0.15, -0.1) is 0 Å². The van der Waals surface area contributed by atoms with Crippen molar-refractivity contribution in [2.24, 2.45) is 11.7 Å². The number of methoxy groups -OCH3 is 2. The Morgan fingerprint density at radius 1 is 1.09 bits per heavy atom. The molecule has 0 bridgehead atoms. The van der Waals surface area contributed by atoms with Crippen LogP contribution in [0.3, 0.4) is 0 Å². The van der Waals surface area contributed by atoms with Crippen LogP contribution in [0.2, 0.25) is 0 Å². The molecule has 32 heavy (non-hydrogen) atoms. The molecule has 0 radical (unpaired) electrons. The summed E-state index contributed by atoms with van der Waals surface area (Å²) in [5.74, 6) is 1.27. The summed E-state index contributed by atoms with van der Waals surface area (Å²) < 4.78 is 15.1. The maximum atomic E-state index is 10.2. The molecule has 1 aliphatic heterocycles. The van der Waals surface area contributed by atoms with E-state index in [0.717, 1.165) is 11.5 Å². The summed E-state index contributed by atoms with van der Waals surface area (Å²) in [6.45, 7) is 3.84. The van der Waals surface area contributed by atoms with Crippen molar-refractivity contribution >= 4 is 16.9 Å². The van der Waals surface area contributed by atoms with Crippen molar-refractivity contribution in [2.75, 3.05) is 33.9 Å². The summed E-state index contributed by atoms with van der Waals surface area (Å²) in [7, 11) is 2.91. The van der Waals surface area contributed by atoms with Gasteiger partial charge in [0.15, 0.2) is 6.29 Å². The lowest BCUT2D eigenvalue weighted by Crippen LogP contribution is -2.34. The lowest BCUT2D eigenvalue weighted by atomic mass is 9.86. The van der Waals surface area contributed by atoms with Gasteiger partial charge >= 0.3 is 0 Å². The Kier molecular flexibility index (Phi) is 10.0. The predicted octanol–water partition coefficient (Wildman–Crippen LogP) is 5.06. The second-order valence-corrected chi connectivity index (χ2v) is 9.17. The molecule has 0 atom stereocenters. The van der Waals surface area contributed by atoms with E-state index in [1.165, 1.54) is 96.2 Å². The number of para-hydroxylation sites is 1. The lowest BCUT2D eigenvalue weighted by Gasteiger charge is -2.33. The molecule has 2 fully saturated rings. The summed E-state index contributed by atoms with van der Waals surface area (Å²) >= 11 is 0. The van der Waals surface area contributed by atoms with Crippen molar-refractivity contribution in [2.45, 2.75) is 70.0 Å². The number of carbonyl (C=O) groups is 1. The SMILES string of the molecule is COC(CC(N)=O)OC.c1ccc2c(C3CCN(CCC4CCCCC4)CC3)coc2c1. The van der Waals surface area contributed by atoms with Crippen LogP contribution in [0.15, 0.2) is 34.9 Å². The number of amides is 1. The number of fused-ring (bicyclic) bond motifs is 1. The van der Waals surface area contributed by atoms with Crippen LogP contribution in [0.25, 0.3) is 11.0 Å². The first-order valence-electron chi connectivity index (χ1n) is 12.1. The first kappa shape index (κ1) is 24.7. The third-order valence-corrected chi connectivity index (χ3v) is 7.01. The number of hydrogen-bond acceptors (Lipinski definition) is 5. The molecule has 1 aliphatic carbocycles. The summed E-state index contributed by atoms with van der Waals surface area (Å²) in [5, 5.41) is 1.33. The topological polar surface area (TPSA) is 77.9 Å². The number of hydrogen-bond donors (Lipinski definition) is 1. The Balaban J connectivity index is 0.000000275. The molecule has 1 amide bonds. The van der Waals surface area contributed by atoms with Crippen molar-refractivity contribution in [1.82, 2.24) is 4.90 Å². The van der Waals surface area contributed by atoms with Crippen LogP contribution >= 0.6 is 0 Å². The molecule has 0 spiro atoms. The van der Waals surface area contributed by atoms with Crippen LogP contribution in [-0.2, 0) is 14.3 Å². The highest BCUT2D eigenvalue weighted by Crippen LogP contribution is 2.34. The number of benzene rings is 1. The molecule has 2 N–H and O–H groups in total. The summed E-state index contributed by atoms with van der Waals surface area (Å²) in [4.78, 5) is 12.9. The molecule has 1 aromatic heterocycles. The molecule has 6 heteroatoms. The third kappa shape index (κ3) is 7.32. The summed E-state index contributed by atoms with van der Waals surface area (Å²) in [6.07, 6.45) is 13.0. The van der Waals surface area contributed by atoms with Gasteiger partial charge < -0.3 is 24.5 Å². The van der Waals surface area contributed by atoms with Crippen LogP contribution in [0.1, 0.15) is 69.3 Å². The van der Waals surface area contributed by atoms with Crippen molar-refractivity contribution < 1.29 is 18.7 Å². The van der Waals surface area contributed by atoms with E-state index < -0.39 is 12.2 Å². The van der Waals surface area contributed by atoms with Gasteiger partial charge in [-0.05, 0) is 56.8 Å². The highest BCUT2D eigenvalue weighted by molar-refractivity contribution is 5.81. The average Bonchev–Trinajstić information content (AvgIpc) is 3.27. The monoisotopic (exact) mass is 444 g/mol. The highest BCUT2D eigenvalue weighted by Gasteiger charge is 2.24. The Labute approximate surface area is 192 Å². The molecular weight excluding hydrogens is 404 g/mol. The van der Waals surface area contributed by atoms with E-state index in [1.54, 1.807) is 0 Å². The van der Waals surface area contributed by atoms with Gasteiger partial charge in [0.05, 0.1) is 12.7 Å². The predicted molar refractivity (Wildman–Crippen MR) is 127 cm³/mol. The normalized spacial score (nSPS) is 18.6. The Morgan fingerprint density at radius 2 is 1.78 bits per heavy atom. The van der Waals surface area contributed by atoms with Gasteiger partial charge in [0, 0.05) is 25.2 Å². The molecule has 2 aromatic rings. The number of likely N-dealkylation sites (tertiary alicyclic amines) is 1. The van der Waals surface area contributed by atoms with Gasteiger partial charge in [-0.1, -0.05) is 50.3 Å². The number of nitrogens with zero attached hydrogens (tertiary/aromatic N) is 1. The fourth-order valence-corrected chi connectivity index (χ4v) is 5.05. The molecule has 1 saturated heterocycles. The number of carbonyl (C=O) groups excluding carboxylic acids is 1. The molecule has 4 rings (SSSR count). The van der Waals surface area contributed by atoms with Crippen LogP contribution < -0.4 is 5.73 Å². The molecule has 178 valence electrons. The van der Waals surface area contributed by atoms with Gasteiger partial charge in [-0.2, -0.15) is 0 Å². The molecule has 1 aromatic carbocycles. The highest BCUT2D eigenvalue weighted by atomic mass is 16.7. The number of piperidine rings is 1. The van der Waals surface area contributed by atoms with Crippen molar-refractivity contribution in [3.63, 3.8) is 0 Å². The number of ether oxygens (including phenoxy) is 2. The number of rotatable bonds is 8. The molecule has 6 nitrogen and oxygen atoms in total. The van der Waals surface area contributed by atoms with Crippen LogP contribution in [0, 0.1) is 5.92 Å². The maximum Gasteiger partial charge on any atom is 0.222 e. The minimum atomic E-state index is -0.498. The van der Waals surface area contributed by atoms with Crippen molar-refractivity contribution in [3.05, 3.63) is 36.1 Å². The fourth-order valence-electron chi connectivity index (χ4n) is 5.05. The lowest BCUT2D eigenvalue weighted by molar-refractivity contribution is -0.136. The van der Waals surface area contributed by atoms with Crippen LogP contribution in [0.5, 0.6) is 0 Å². The van der Waals surface area contributed by atoms with Gasteiger partial charge in [0.2, 0.25) is 5.91 Å². The molecule has 2 aliphatic rings. The number of primary amides is 1. The van der Waals surface area contributed by atoms with Gasteiger partial charge in [-0.25, -0.2) is 0 Å².